The molecular formula is C22H23N3O2. The molecule has 138 valence electrons. The number of pyridine rings is 1. The van der Waals surface area contributed by atoms with E-state index in [2.05, 4.69) is 34.1 Å². The summed E-state index contributed by atoms with van der Waals surface area (Å²) in [5.74, 6) is 1.14. The van der Waals surface area contributed by atoms with Gasteiger partial charge in [-0.1, -0.05) is 36.4 Å². The van der Waals surface area contributed by atoms with Gasteiger partial charge in [0.05, 0.1) is 0 Å². The fourth-order valence-corrected chi connectivity index (χ4v) is 3.89. The second kappa shape index (κ2) is 7.35. The fourth-order valence-electron chi connectivity index (χ4n) is 3.89. The first-order valence-electron chi connectivity index (χ1n) is 9.43. The highest BCUT2D eigenvalue weighted by Crippen LogP contribution is 2.26. The third-order valence-electron chi connectivity index (χ3n) is 5.38. The molecule has 0 radical (unpaired) electrons. The molecule has 1 aromatic carbocycles. The number of benzene rings is 1. The van der Waals surface area contributed by atoms with Gasteiger partial charge in [0.15, 0.2) is 6.29 Å². The molecule has 0 atom stereocenters. The van der Waals surface area contributed by atoms with Crippen LogP contribution in [0.5, 0.6) is 0 Å². The lowest BCUT2D eigenvalue weighted by atomic mass is 9.90. The van der Waals surface area contributed by atoms with Crippen LogP contribution in [0.2, 0.25) is 0 Å². The van der Waals surface area contributed by atoms with Gasteiger partial charge >= 0.3 is 0 Å². The average molecular weight is 361 g/mol. The number of carbonyl (C=O) groups excluding carboxylic acids is 1. The molecule has 0 amide bonds. The zero-order chi connectivity index (χ0) is 18.8. The summed E-state index contributed by atoms with van der Waals surface area (Å²) in [6, 6.07) is 14.3. The van der Waals surface area contributed by atoms with E-state index in [1.807, 2.05) is 25.1 Å². The van der Waals surface area contributed by atoms with Crippen LogP contribution in [0.1, 0.15) is 34.3 Å². The van der Waals surface area contributed by atoms with E-state index in [1.54, 1.807) is 6.20 Å². The first kappa shape index (κ1) is 17.5. The Morgan fingerprint density at radius 3 is 2.56 bits per heavy atom. The summed E-state index contributed by atoms with van der Waals surface area (Å²) in [7, 11) is 0. The Kier molecular flexibility index (Phi) is 4.75. The maximum absolute atomic E-state index is 12.7. The number of nitrogens with zero attached hydrogens (tertiary/aromatic N) is 3. The molecule has 3 heterocycles. The highest BCUT2D eigenvalue weighted by atomic mass is 16.1. The normalized spacial score (nSPS) is 15.2. The minimum atomic E-state index is -0.292. The van der Waals surface area contributed by atoms with Crippen LogP contribution < -0.4 is 10.5 Å². The molecule has 1 saturated heterocycles. The van der Waals surface area contributed by atoms with Gasteiger partial charge in [-0.15, -0.1) is 0 Å². The minimum absolute atomic E-state index is 0.152. The smallest absolute Gasteiger partial charge is 0.270 e. The molecule has 5 nitrogen and oxygen atoms in total. The molecule has 0 saturated carbocycles. The van der Waals surface area contributed by atoms with Crippen molar-refractivity contribution in [3.8, 4) is 0 Å². The van der Waals surface area contributed by atoms with Crippen molar-refractivity contribution < 1.29 is 4.79 Å². The van der Waals surface area contributed by atoms with Crippen molar-refractivity contribution in [2.24, 2.45) is 5.92 Å². The predicted molar refractivity (Wildman–Crippen MR) is 107 cm³/mol. The van der Waals surface area contributed by atoms with Gasteiger partial charge in [-0.05, 0) is 49.3 Å². The zero-order valence-corrected chi connectivity index (χ0v) is 15.5. The van der Waals surface area contributed by atoms with Crippen molar-refractivity contribution in [1.29, 1.82) is 0 Å². The largest absolute Gasteiger partial charge is 0.356 e. The lowest BCUT2D eigenvalue weighted by Gasteiger charge is -2.33. The molecule has 0 spiro atoms. The number of hydrogen-bond donors (Lipinski definition) is 0. The summed E-state index contributed by atoms with van der Waals surface area (Å²) in [6.45, 7) is 3.54. The van der Waals surface area contributed by atoms with Gasteiger partial charge in [0.2, 0.25) is 0 Å². The number of aromatic nitrogens is 2. The van der Waals surface area contributed by atoms with Gasteiger partial charge in [-0.2, -0.15) is 0 Å². The van der Waals surface area contributed by atoms with E-state index in [0.29, 0.717) is 23.7 Å². The summed E-state index contributed by atoms with van der Waals surface area (Å²) in [5, 5.41) is 0. The van der Waals surface area contributed by atoms with Crippen LogP contribution in [-0.2, 0) is 6.42 Å². The Balaban J connectivity index is 1.57. The Bertz CT molecular complexity index is 1020. The van der Waals surface area contributed by atoms with Crippen molar-refractivity contribution in [2.45, 2.75) is 26.2 Å². The average Bonchev–Trinajstić information content (AvgIpc) is 2.70. The number of hydrogen-bond acceptors (Lipinski definition) is 4. The summed E-state index contributed by atoms with van der Waals surface area (Å²) in [5.41, 5.74) is 2.76. The third kappa shape index (κ3) is 3.50. The van der Waals surface area contributed by atoms with Crippen LogP contribution in [0, 0.1) is 12.8 Å². The second-order valence-corrected chi connectivity index (χ2v) is 7.33. The van der Waals surface area contributed by atoms with Gasteiger partial charge in [-0.3, -0.25) is 14.0 Å². The number of anilines is 1. The maximum Gasteiger partial charge on any atom is 0.270 e. The van der Waals surface area contributed by atoms with Crippen molar-refractivity contribution in [3.05, 3.63) is 75.7 Å². The topological polar surface area (TPSA) is 54.7 Å². The minimum Gasteiger partial charge on any atom is -0.356 e. The van der Waals surface area contributed by atoms with E-state index in [0.717, 1.165) is 37.9 Å². The van der Waals surface area contributed by atoms with Crippen molar-refractivity contribution in [3.63, 3.8) is 0 Å². The van der Waals surface area contributed by atoms with Gasteiger partial charge in [0.25, 0.3) is 5.56 Å². The lowest BCUT2D eigenvalue weighted by molar-refractivity contribution is 0.112. The number of rotatable bonds is 4. The molecule has 0 N–H and O–H groups in total. The van der Waals surface area contributed by atoms with Crippen LogP contribution >= 0.6 is 0 Å². The number of aryl methyl sites for hydroxylation is 1. The quantitative estimate of drug-likeness (QED) is 0.669. The molecule has 5 heteroatoms. The monoisotopic (exact) mass is 361 g/mol. The predicted octanol–water partition coefficient (Wildman–Crippen LogP) is 3.27. The third-order valence-corrected chi connectivity index (χ3v) is 5.38. The molecular weight excluding hydrogens is 338 g/mol. The van der Waals surface area contributed by atoms with Crippen LogP contribution in [0.3, 0.4) is 0 Å². The summed E-state index contributed by atoms with van der Waals surface area (Å²) >= 11 is 0. The molecule has 2 aromatic heterocycles. The van der Waals surface area contributed by atoms with E-state index in [9.17, 15) is 9.59 Å². The van der Waals surface area contributed by atoms with Gasteiger partial charge in [-0.25, -0.2) is 4.98 Å². The Morgan fingerprint density at radius 1 is 1.11 bits per heavy atom. The number of carbonyl (C=O) groups is 1. The van der Waals surface area contributed by atoms with E-state index >= 15 is 0 Å². The maximum atomic E-state index is 12.7. The van der Waals surface area contributed by atoms with Crippen LogP contribution in [0.15, 0.2) is 53.5 Å². The second-order valence-electron chi connectivity index (χ2n) is 7.33. The van der Waals surface area contributed by atoms with Crippen molar-refractivity contribution >= 4 is 17.8 Å². The van der Waals surface area contributed by atoms with Gasteiger partial charge < -0.3 is 4.90 Å². The zero-order valence-electron chi connectivity index (χ0n) is 15.5. The molecule has 0 unspecified atom stereocenters. The summed E-state index contributed by atoms with van der Waals surface area (Å²) < 4.78 is 1.46. The first-order chi connectivity index (χ1) is 13.2. The van der Waals surface area contributed by atoms with Crippen molar-refractivity contribution in [1.82, 2.24) is 9.38 Å². The number of piperidine rings is 1. The molecule has 1 aliphatic heterocycles. The summed E-state index contributed by atoms with van der Waals surface area (Å²) in [4.78, 5) is 31.1. The molecule has 1 fully saturated rings. The van der Waals surface area contributed by atoms with E-state index in [4.69, 9.17) is 0 Å². The molecule has 3 aromatic rings. The van der Waals surface area contributed by atoms with Crippen LogP contribution in [0.4, 0.5) is 5.82 Å². The summed E-state index contributed by atoms with van der Waals surface area (Å²) in [6.07, 6.45) is 5.51. The molecule has 27 heavy (non-hydrogen) atoms. The number of aldehydes is 1. The van der Waals surface area contributed by atoms with Crippen molar-refractivity contribution in [2.75, 3.05) is 18.0 Å². The van der Waals surface area contributed by atoms with Gasteiger partial charge in [0, 0.05) is 19.3 Å². The van der Waals surface area contributed by atoms with Crippen LogP contribution in [0.25, 0.3) is 5.65 Å². The van der Waals surface area contributed by atoms with Crippen LogP contribution in [-0.4, -0.2) is 28.8 Å². The highest BCUT2D eigenvalue weighted by Gasteiger charge is 2.24. The molecule has 1 aliphatic rings. The molecule has 0 aliphatic carbocycles. The number of fused-ring (bicyclic) bond motifs is 1. The fraction of sp³-hybridized carbons (Fsp3) is 0.318. The van der Waals surface area contributed by atoms with E-state index in [-0.39, 0.29) is 11.1 Å². The lowest BCUT2D eigenvalue weighted by Crippen LogP contribution is -2.37. The highest BCUT2D eigenvalue weighted by molar-refractivity contribution is 5.83. The van der Waals surface area contributed by atoms with Gasteiger partial charge in [0.1, 0.15) is 17.0 Å². The Morgan fingerprint density at radius 2 is 1.85 bits per heavy atom. The molecule has 4 rings (SSSR count). The first-order valence-corrected chi connectivity index (χ1v) is 9.43. The van der Waals surface area contributed by atoms with E-state index < -0.39 is 0 Å². The van der Waals surface area contributed by atoms with E-state index in [1.165, 1.54) is 9.96 Å². The standard InChI is InChI=1S/C22H23N3O2/c1-16-7-8-20-23-21(19(15-26)22(27)25(20)14-16)24-11-9-18(10-12-24)13-17-5-3-2-4-6-17/h2-8,14-15,18H,9-13H2,1H3. The Hall–Kier alpha value is -2.95. The SMILES string of the molecule is Cc1ccc2nc(N3CCC(Cc4ccccc4)CC3)c(C=O)c(=O)n2c1. The Labute approximate surface area is 158 Å². The molecule has 0 bridgehead atoms.